The van der Waals surface area contributed by atoms with Gasteiger partial charge in [0.15, 0.2) is 0 Å². The molecule has 1 N–H and O–H groups in total. The van der Waals surface area contributed by atoms with E-state index in [-0.39, 0.29) is 0 Å². The molecule has 0 aliphatic rings. The average molecular weight is 422 g/mol. The first-order chi connectivity index (χ1) is 8.06. The number of para-hydroxylation sites is 1. The molecule has 17 heavy (non-hydrogen) atoms. The molecule has 0 spiro atoms. The van der Waals surface area contributed by atoms with Crippen LogP contribution in [0.25, 0.3) is 0 Å². The first-order valence-corrected chi connectivity index (χ1v) is 7.16. The van der Waals surface area contributed by atoms with Gasteiger partial charge in [-0.1, -0.05) is 6.07 Å². The number of hydrogen-bond donors (Lipinski definition) is 1. The number of aromatic nitrogens is 2. The van der Waals surface area contributed by atoms with Crippen LogP contribution in [0.2, 0.25) is 0 Å². The third kappa shape index (κ3) is 3.26. The summed E-state index contributed by atoms with van der Waals surface area (Å²) in [6.45, 7) is 1.85. The van der Waals surface area contributed by atoms with Gasteiger partial charge in [0.1, 0.15) is 16.2 Å². The lowest BCUT2D eigenvalue weighted by molar-refractivity contribution is 1.04. The lowest BCUT2D eigenvalue weighted by Gasteiger charge is -2.10. The van der Waals surface area contributed by atoms with Crippen LogP contribution in [0.5, 0.6) is 0 Å². The lowest BCUT2D eigenvalue weighted by Crippen LogP contribution is -1.98. The van der Waals surface area contributed by atoms with Crippen LogP contribution in [0, 0.1) is 6.92 Å². The van der Waals surface area contributed by atoms with Crippen LogP contribution in [-0.4, -0.2) is 9.97 Å². The Hall–Kier alpha value is -0.460. The van der Waals surface area contributed by atoms with E-state index in [1.807, 2.05) is 31.2 Å². The van der Waals surface area contributed by atoms with E-state index in [0.717, 1.165) is 25.1 Å². The number of aryl methyl sites for hydroxylation is 1. The molecular weight excluding hydrogens is 414 g/mol. The van der Waals surface area contributed by atoms with Crippen LogP contribution in [-0.2, 0) is 0 Å². The summed E-state index contributed by atoms with van der Waals surface area (Å²) in [5.41, 5.74) is 0.942. The predicted octanol–water partition coefficient (Wildman–Crippen LogP) is 4.82. The summed E-state index contributed by atoms with van der Waals surface area (Å²) in [7, 11) is 0. The van der Waals surface area contributed by atoms with E-state index < -0.39 is 0 Å². The van der Waals surface area contributed by atoms with Crippen molar-refractivity contribution in [3.63, 3.8) is 0 Å². The smallest absolute Gasteiger partial charge is 0.135 e. The molecule has 2 aromatic rings. The summed E-state index contributed by atoms with van der Waals surface area (Å²) in [5, 5.41) is 3.25. The van der Waals surface area contributed by atoms with Gasteiger partial charge in [0, 0.05) is 15.0 Å². The van der Waals surface area contributed by atoms with E-state index in [1.54, 1.807) is 0 Å². The van der Waals surface area contributed by atoms with Crippen molar-refractivity contribution >= 4 is 59.3 Å². The summed E-state index contributed by atoms with van der Waals surface area (Å²) in [5.74, 6) is 1.46. The van der Waals surface area contributed by atoms with Crippen molar-refractivity contribution in [2.75, 3.05) is 5.32 Å². The van der Waals surface area contributed by atoms with Crippen LogP contribution in [0.15, 0.2) is 37.8 Å². The van der Waals surface area contributed by atoms with Crippen LogP contribution in [0.1, 0.15) is 5.82 Å². The molecule has 0 fully saturated rings. The molecule has 0 aliphatic heterocycles. The Bertz CT molecular complexity index is 517. The van der Waals surface area contributed by atoms with Gasteiger partial charge < -0.3 is 5.32 Å². The Morgan fingerprint density at radius 1 is 1.06 bits per heavy atom. The van der Waals surface area contributed by atoms with Gasteiger partial charge in [-0.2, -0.15) is 0 Å². The van der Waals surface area contributed by atoms with E-state index in [9.17, 15) is 0 Å². The van der Waals surface area contributed by atoms with Gasteiger partial charge in [-0.05, 0) is 66.8 Å². The molecule has 0 saturated heterocycles. The van der Waals surface area contributed by atoms with Crippen molar-refractivity contribution in [2.45, 2.75) is 6.92 Å². The fourth-order valence-electron chi connectivity index (χ4n) is 1.34. The first-order valence-electron chi connectivity index (χ1n) is 4.78. The van der Waals surface area contributed by atoms with E-state index >= 15 is 0 Å². The van der Waals surface area contributed by atoms with Crippen LogP contribution >= 0.6 is 47.8 Å². The largest absolute Gasteiger partial charge is 0.338 e. The van der Waals surface area contributed by atoms with Crippen molar-refractivity contribution in [3.05, 3.63) is 43.6 Å². The summed E-state index contributed by atoms with van der Waals surface area (Å²) in [4.78, 5) is 8.48. The number of nitrogens with zero attached hydrogens (tertiary/aromatic N) is 2. The molecule has 0 aliphatic carbocycles. The molecule has 1 aromatic heterocycles. The Kier molecular flexibility index (Phi) is 4.17. The van der Waals surface area contributed by atoms with Crippen molar-refractivity contribution in [2.24, 2.45) is 0 Å². The number of rotatable bonds is 2. The van der Waals surface area contributed by atoms with Crippen molar-refractivity contribution < 1.29 is 0 Å². The van der Waals surface area contributed by atoms with Gasteiger partial charge in [-0.15, -0.1) is 0 Å². The molecule has 1 heterocycles. The average Bonchev–Trinajstić information content (AvgIpc) is 2.22. The quantitative estimate of drug-likeness (QED) is 0.707. The summed E-state index contributed by atoms with van der Waals surface area (Å²) >= 11 is 10.3. The van der Waals surface area contributed by atoms with Crippen molar-refractivity contribution in [1.82, 2.24) is 9.97 Å². The Morgan fingerprint density at radius 3 is 2.29 bits per heavy atom. The normalized spacial score (nSPS) is 10.4. The molecule has 0 unspecified atom stereocenters. The van der Waals surface area contributed by atoms with E-state index in [0.29, 0.717) is 5.82 Å². The fraction of sp³-hybridized carbons (Fsp3) is 0.0909. The zero-order chi connectivity index (χ0) is 12.4. The highest BCUT2D eigenvalue weighted by Gasteiger charge is 2.06. The number of anilines is 2. The van der Waals surface area contributed by atoms with Gasteiger partial charge in [0.2, 0.25) is 0 Å². The summed E-state index contributed by atoms with van der Waals surface area (Å²) in [6.07, 6.45) is 0. The van der Waals surface area contributed by atoms with Gasteiger partial charge in [-0.3, -0.25) is 0 Å². The predicted molar refractivity (Wildman–Crippen MR) is 79.6 cm³/mol. The molecule has 3 nitrogen and oxygen atoms in total. The minimum Gasteiger partial charge on any atom is -0.338 e. The molecule has 88 valence electrons. The van der Waals surface area contributed by atoms with Crippen molar-refractivity contribution in [3.8, 4) is 0 Å². The van der Waals surface area contributed by atoms with Gasteiger partial charge in [0.25, 0.3) is 0 Å². The fourth-order valence-corrected chi connectivity index (χ4v) is 3.01. The molecule has 6 heteroatoms. The molecule has 1 aromatic carbocycles. The second-order valence-electron chi connectivity index (χ2n) is 3.34. The molecular formula is C11H8Br3N3. The molecule has 2 rings (SSSR count). The zero-order valence-corrected chi connectivity index (χ0v) is 13.6. The highest BCUT2D eigenvalue weighted by molar-refractivity contribution is 9.11. The Labute approximate surface area is 124 Å². The number of halogens is 3. The molecule has 0 amide bonds. The molecule has 0 bridgehead atoms. The van der Waals surface area contributed by atoms with E-state index in [4.69, 9.17) is 0 Å². The van der Waals surface area contributed by atoms with Gasteiger partial charge in [-0.25, -0.2) is 9.97 Å². The SMILES string of the molecule is Cc1nc(Br)cc(Nc2c(Br)cccc2Br)n1. The summed E-state index contributed by atoms with van der Waals surface area (Å²) < 4.78 is 2.70. The lowest BCUT2D eigenvalue weighted by atomic mass is 10.3. The minimum absolute atomic E-state index is 0.713. The topological polar surface area (TPSA) is 37.8 Å². The molecule has 0 radical (unpaired) electrons. The Morgan fingerprint density at radius 2 is 1.71 bits per heavy atom. The maximum Gasteiger partial charge on any atom is 0.135 e. The third-order valence-corrected chi connectivity index (χ3v) is 3.75. The van der Waals surface area contributed by atoms with Crippen LogP contribution in [0.4, 0.5) is 11.5 Å². The van der Waals surface area contributed by atoms with E-state index in [2.05, 4.69) is 63.1 Å². The zero-order valence-electron chi connectivity index (χ0n) is 8.84. The van der Waals surface area contributed by atoms with Crippen LogP contribution in [0.3, 0.4) is 0 Å². The minimum atomic E-state index is 0.713. The number of nitrogens with one attached hydrogen (secondary N) is 1. The highest BCUT2D eigenvalue weighted by atomic mass is 79.9. The second kappa shape index (κ2) is 5.46. The van der Waals surface area contributed by atoms with Gasteiger partial charge in [0.05, 0.1) is 5.69 Å². The monoisotopic (exact) mass is 419 g/mol. The van der Waals surface area contributed by atoms with Gasteiger partial charge >= 0.3 is 0 Å². The standard InChI is InChI=1S/C11H8Br3N3/c1-6-15-9(14)5-10(16-6)17-11-7(12)3-2-4-8(11)13/h2-5H,1H3,(H,15,16,17). The van der Waals surface area contributed by atoms with Crippen molar-refractivity contribution in [1.29, 1.82) is 0 Å². The second-order valence-corrected chi connectivity index (χ2v) is 5.87. The maximum atomic E-state index is 4.32. The molecule has 0 saturated carbocycles. The number of benzene rings is 1. The summed E-state index contributed by atoms with van der Waals surface area (Å²) in [6, 6.07) is 7.73. The number of hydrogen-bond acceptors (Lipinski definition) is 3. The highest BCUT2D eigenvalue weighted by Crippen LogP contribution is 2.32. The van der Waals surface area contributed by atoms with E-state index in [1.165, 1.54) is 0 Å². The van der Waals surface area contributed by atoms with Crippen LogP contribution < -0.4 is 5.32 Å². The third-order valence-electron chi connectivity index (χ3n) is 2.02. The first kappa shape index (κ1) is 13.0. The molecule has 0 atom stereocenters. The Balaban J connectivity index is 2.38. The maximum absolute atomic E-state index is 4.32.